The van der Waals surface area contributed by atoms with E-state index >= 15 is 0 Å². The first-order valence-electron chi connectivity index (χ1n) is 4.68. The molecule has 1 rings (SSSR count). The van der Waals surface area contributed by atoms with Crippen molar-refractivity contribution >= 4 is 30.2 Å². The molecule has 6 N–H and O–H groups in total. The summed E-state index contributed by atoms with van der Waals surface area (Å²) in [5.74, 6) is -2.32. The number of carbonyl (C=O) groups is 2. The van der Waals surface area contributed by atoms with Crippen molar-refractivity contribution in [2.24, 2.45) is 16.5 Å². The zero-order valence-corrected chi connectivity index (χ0v) is 10.1. The van der Waals surface area contributed by atoms with Crippen LogP contribution in [0.1, 0.15) is 10.4 Å². The van der Waals surface area contributed by atoms with Gasteiger partial charge in [-0.25, -0.2) is 9.79 Å². The molecule has 0 radical (unpaired) electrons. The number of amides is 1. The van der Waals surface area contributed by atoms with Gasteiger partial charge in [0.15, 0.2) is 5.96 Å². The maximum Gasteiger partial charge on any atom is 0.349 e. The number of hydrogen-bond acceptors (Lipinski definition) is 3. The predicted octanol–water partition coefficient (Wildman–Crippen LogP) is -0.478. The maximum atomic E-state index is 11.6. The lowest BCUT2D eigenvalue weighted by molar-refractivity contribution is -0.139. The van der Waals surface area contributed by atoms with Crippen LogP contribution in [0.4, 0.5) is 0 Å². The lowest BCUT2D eigenvalue weighted by atomic mass is 10.2. The minimum Gasteiger partial charge on any atom is -0.478 e. The lowest BCUT2D eigenvalue weighted by Gasteiger charge is -2.10. The standard InChI is InChI=1S/C10H12N4O3.ClH/c11-10(12)14-7(9(16)17)13-8(15)6-4-2-1-3-5-6;/h1-5,7H,(H,13,15)(H,16,17)(H4,11,12,14);1H. The number of nitrogens with zero attached hydrogens (tertiary/aromatic N) is 1. The van der Waals surface area contributed by atoms with Crippen molar-refractivity contribution in [2.45, 2.75) is 6.17 Å². The molecule has 0 heterocycles. The Morgan fingerprint density at radius 2 is 1.78 bits per heavy atom. The molecule has 1 amide bonds. The summed E-state index contributed by atoms with van der Waals surface area (Å²) in [6.07, 6.45) is -1.49. The highest BCUT2D eigenvalue weighted by atomic mass is 35.5. The van der Waals surface area contributed by atoms with E-state index < -0.39 is 24.0 Å². The molecule has 0 saturated carbocycles. The molecule has 0 aromatic heterocycles. The third-order valence-electron chi connectivity index (χ3n) is 1.82. The van der Waals surface area contributed by atoms with Crippen LogP contribution in [0, 0.1) is 0 Å². The molecule has 0 aliphatic heterocycles. The first kappa shape index (κ1) is 15.7. The summed E-state index contributed by atoms with van der Waals surface area (Å²) in [6, 6.07) is 8.14. The van der Waals surface area contributed by atoms with Gasteiger partial charge in [-0.15, -0.1) is 12.4 Å². The normalized spacial score (nSPS) is 10.7. The van der Waals surface area contributed by atoms with Crippen molar-refractivity contribution in [2.75, 3.05) is 0 Å². The largest absolute Gasteiger partial charge is 0.478 e. The van der Waals surface area contributed by atoms with E-state index in [0.29, 0.717) is 5.56 Å². The van der Waals surface area contributed by atoms with E-state index in [1.54, 1.807) is 30.3 Å². The summed E-state index contributed by atoms with van der Waals surface area (Å²) in [6.45, 7) is 0. The third-order valence-corrected chi connectivity index (χ3v) is 1.82. The Kier molecular flexibility index (Phi) is 6.22. The van der Waals surface area contributed by atoms with Gasteiger partial charge in [-0.05, 0) is 12.1 Å². The second-order valence-electron chi connectivity index (χ2n) is 3.13. The molecule has 0 spiro atoms. The number of aliphatic carboxylic acids is 1. The Morgan fingerprint density at radius 3 is 2.22 bits per heavy atom. The molecule has 0 fully saturated rings. The average Bonchev–Trinajstić information content (AvgIpc) is 2.28. The van der Waals surface area contributed by atoms with E-state index in [1.807, 2.05) is 0 Å². The summed E-state index contributed by atoms with van der Waals surface area (Å²) in [4.78, 5) is 25.8. The molecular formula is C10H13ClN4O3. The summed E-state index contributed by atoms with van der Waals surface area (Å²) >= 11 is 0. The van der Waals surface area contributed by atoms with Gasteiger partial charge >= 0.3 is 5.97 Å². The van der Waals surface area contributed by atoms with Gasteiger partial charge in [0, 0.05) is 5.56 Å². The van der Waals surface area contributed by atoms with Crippen LogP contribution in [-0.4, -0.2) is 29.1 Å². The molecule has 0 aliphatic carbocycles. The number of aliphatic imine (C=N–C) groups is 1. The molecule has 1 unspecified atom stereocenters. The van der Waals surface area contributed by atoms with Gasteiger partial charge in [0.05, 0.1) is 0 Å². The molecule has 1 aromatic rings. The zero-order valence-electron chi connectivity index (χ0n) is 9.24. The van der Waals surface area contributed by atoms with Crippen LogP contribution in [0.25, 0.3) is 0 Å². The number of hydrogen-bond donors (Lipinski definition) is 4. The average molecular weight is 273 g/mol. The van der Waals surface area contributed by atoms with E-state index in [2.05, 4.69) is 10.3 Å². The van der Waals surface area contributed by atoms with Crippen molar-refractivity contribution < 1.29 is 14.7 Å². The van der Waals surface area contributed by atoms with Gasteiger partial charge in [0.1, 0.15) is 0 Å². The number of benzene rings is 1. The highest BCUT2D eigenvalue weighted by molar-refractivity contribution is 5.96. The maximum absolute atomic E-state index is 11.6. The SMILES string of the molecule is Cl.NC(N)=NC(NC(=O)c1ccccc1)C(=O)O. The predicted molar refractivity (Wildman–Crippen MR) is 68.4 cm³/mol. The molecule has 0 saturated heterocycles. The fraction of sp³-hybridized carbons (Fsp3) is 0.100. The van der Waals surface area contributed by atoms with Gasteiger partial charge in [-0.2, -0.15) is 0 Å². The van der Waals surface area contributed by atoms with Crippen LogP contribution < -0.4 is 16.8 Å². The second-order valence-corrected chi connectivity index (χ2v) is 3.13. The van der Waals surface area contributed by atoms with Crippen molar-refractivity contribution in [1.82, 2.24) is 5.32 Å². The van der Waals surface area contributed by atoms with Crippen molar-refractivity contribution in [3.63, 3.8) is 0 Å². The van der Waals surface area contributed by atoms with Crippen LogP contribution in [0.3, 0.4) is 0 Å². The molecule has 18 heavy (non-hydrogen) atoms. The number of nitrogens with one attached hydrogen (secondary N) is 1. The van der Waals surface area contributed by atoms with Crippen LogP contribution in [0.2, 0.25) is 0 Å². The topological polar surface area (TPSA) is 131 Å². The number of nitrogens with two attached hydrogens (primary N) is 2. The van der Waals surface area contributed by atoms with Crippen molar-refractivity contribution in [3.8, 4) is 0 Å². The quantitative estimate of drug-likeness (QED) is 0.434. The number of carbonyl (C=O) groups excluding carboxylic acids is 1. The smallest absolute Gasteiger partial charge is 0.349 e. The van der Waals surface area contributed by atoms with E-state index in [4.69, 9.17) is 16.6 Å². The summed E-state index contributed by atoms with van der Waals surface area (Å²) < 4.78 is 0. The minimum atomic E-state index is -1.49. The fourth-order valence-electron chi connectivity index (χ4n) is 1.10. The molecule has 8 heteroatoms. The van der Waals surface area contributed by atoms with Crippen LogP contribution in [0.5, 0.6) is 0 Å². The third kappa shape index (κ3) is 4.71. The van der Waals surface area contributed by atoms with Crippen molar-refractivity contribution in [3.05, 3.63) is 35.9 Å². The first-order chi connectivity index (χ1) is 8.00. The van der Waals surface area contributed by atoms with E-state index in [1.165, 1.54) is 0 Å². The van der Waals surface area contributed by atoms with E-state index in [-0.39, 0.29) is 12.4 Å². The Balaban J connectivity index is 0.00000289. The number of rotatable bonds is 4. The summed E-state index contributed by atoms with van der Waals surface area (Å²) in [5, 5.41) is 11.0. The monoisotopic (exact) mass is 272 g/mol. The van der Waals surface area contributed by atoms with Crippen LogP contribution in [0.15, 0.2) is 35.3 Å². The number of carboxylic acids is 1. The van der Waals surface area contributed by atoms with Gasteiger partial charge in [0.2, 0.25) is 6.17 Å². The molecule has 0 bridgehead atoms. The minimum absolute atomic E-state index is 0. The number of guanidine groups is 1. The molecule has 98 valence electrons. The molecular weight excluding hydrogens is 260 g/mol. The second kappa shape index (κ2) is 7.13. The van der Waals surface area contributed by atoms with E-state index in [0.717, 1.165) is 0 Å². The molecule has 7 nitrogen and oxygen atoms in total. The highest BCUT2D eigenvalue weighted by Crippen LogP contribution is 1.99. The molecule has 1 aromatic carbocycles. The summed E-state index contributed by atoms with van der Waals surface area (Å²) in [7, 11) is 0. The Hall–Kier alpha value is -2.28. The van der Waals surface area contributed by atoms with Gasteiger partial charge in [0.25, 0.3) is 5.91 Å². The van der Waals surface area contributed by atoms with Crippen LogP contribution >= 0.6 is 12.4 Å². The zero-order chi connectivity index (χ0) is 12.8. The highest BCUT2D eigenvalue weighted by Gasteiger charge is 2.19. The van der Waals surface area contributed by atoms with Crippen molar-refractivity contribution in [1.29, 1.82) is 0 Å². The van der Waals surface area contributed by atoms with Gasteiger partial charge in [-0.3, -0.25) is 4.79 Å². The Bertz CT molecular complexity index is 446. The summed E-state index contributed by atoms with van der Waals surface area (Å²) in [5.41, 5.74) is 10.4. The fourth-order valence-corrected chi connectivity index (χ4v) is 1.10. The molecule has 1 atom stereocenters. The van der Waals surface area contributed by atoms with Crippen LogP contribution in [-0.2, 0) is 4.79 Å². The Labute approximate surface area is 109 Å². The molecule has 0 aliphatic rings. The number of carboxylic acid groups (broad SMARTS) is 1. The lowest BCUT2D eigenvalue weighted by Crippen LogP contribution is -2.42. The van der Waals surface area contributed by atoms with Gasteiger partial charge in [-0.1, -0.05) is 18.2 Å². The Morgan fingerprint density at radius 1 is 1.22 bits per heavy atom. The van der Waals surface area contributed by atoms with E-state index in [9.17, 15) is 9.59 Å². The van der Waals surface area contributed by atoms with Gasteiger partial charge < -0.3 is 21.9 Å². The first-order valence-corrected chi connectivity index (χ1v) is 4.68. The number of halogens is 1.